The van der Waals surface area contributed by atoms with Crippen molar-refractivity contribution in [3.63, 3.8) is 0 Å². The van der Waals surface area contributed by atoms with Crippen molar-refractivity contribution < 1.29 is 19.4 Å². The third kappa shape index (κ3) is 4.87. The molecule has 0 aliphatic carbocycles. The number of aryl methyl sites for hydroxylation is 1. The Balaban J connectivity index is 2.66. The molecule has 18 heavy (non-hydrogen) atoms. The Morgan fingerprint density at radius 3 is 2.61 bits per heavy atom. The number of benzene rings is 1. The molecule has 0 aliphatic heterocycles. The highest BCUT2D eigenvalue weighted by Gasteiger charge is 2.06. The lowest BCUT2D eigenvalue weighted by atomic mass is 10.1. The van der Waals surface area contributed by atoms with E-state index in [1.807, 2.05) is 18.2 Å². The summed E-state index contributed by atoms with van der Waals surface area (Å²) in [5.74, 6) is -1.37. The van der Waals surface area contributed by atoms with Crippen molar-refractivity contribution in [1.82, 2.24) is 0 Å². The van der Waals surface area contributed by atoms with Gasteiger partial charge >= 0.3 is 5.97 Å². The molecule has 0 spiro atoms. The molecule has 1 aromatic rings. The lowest BCUT2D eigenvalue weighted by Crippen LogP contribution is -2.21. The predicted octanol–water partition coefficient (Wildman–Crippen LogP) is 1.58. The van der Waals surface area contributed by atoms with Gasteiger partial charge in [0.2, 0.25) is 0 Å². The van der Waals surface area contributed by atoms with Gasteiger partial charge in [0.25, 0.3) is 0 Å². The van der Waals surface area contributed by atoms with Crippen LogP contribution in [-0.2, 0) is 27.4 Å². The van der Waals surface area contributed by atoms with Crippen LogP contribution in [-0.4, -0.2) is 11.9 Å². The number of halogens is 1. The van der Waals surface area contributed by atoms with Crippen molar-refractivity contribution in [2.24, 2.45) is 0 Å². The van der Waals surface area contributed by atoms with E-state index in [1.54, 1.807) is 0 Å². The SMILES string of the molecule is CC(=O)OCc1cccc(CCCC(=O)[O-])c1Br. The Morgan fingerprint density at radius 1 is 1.33 bits per heavy atom. The number of carboxylic acid groups (broad SMARTS) is 1. The van der Waals surface area contributed by atoms with E-state index in [2.05, 4.69) is 15.9 Å². The zero-order chi connectivity index (χ0) is 13.5. The van der Waals surface area contributed by atoms with Crippen LogP contribution in [0.5, 0.6) is 0 Å². The summed E-state index contributed by atoms with van der Waals surface area (Å²) < 4.78 is 5.80. The first-order valence-corrected chi connectivity index (χ1v) is 6.39. The van der Waals surface area contributed by atoms with Crippen LogP contribution in [0.3, 0.4) is 0 Å². The van der Waals surface area contributed by atoms with Crippen LogP contribution >= 0.6 is 15.9 Å². The van der Waals surface area contributed by atoms with Gasteiger partial charge < -0.3 is 14.6 Å². The molecule has 0 aromatic heterocycles. The zero-order valence-corrected chi connectivity index (χ0v) is 11.7. The molecular formula is C13H14BrO4-. The molecule has 0 atom stereocenters. The Hall–Kier alpha value is -1.36. The van der Waals surface area contributed by atoms with E-state index in [9.17, 15) is 14.7 Å². The van der Waals surface area contributed by atoms with Crippen molar-refractivity contribution in [2.75, 3.05) is 0 Å². The van der Waals surface area contributed by atoms with Crippen LogP contribution in [0.15, 0.2) is 22.7 Å². The van der Waals surface area contributed by atoms with E-state index in [-0.39, 0.29) is 19.0 Å². The van der Waals surface area contributed by atoms with Crippen LogP contribution in [0.4, 0.5) is 0 Å². The van der Waals surface area contributed by atoms with Gasteiger partial charge in [-0.25, -0.2) is 0 Å². The van der Waals surface area contributed by atoms with Gasteiger partial charge in [0.05, 0.1) is 0 Å². The smallest absolute Gasteiger partial charge is 0.302 e. The fourth-order valence-electron chi connectivity index (χ4n) is 1.54. The molecule has 0 amide bonds. The average Bonchev–Trinajstić information content (AvgIpc) is 2.29. The predicted molar refractivity (Wildman–Crippen MR) is 67.6 cm³/mol. The standard InChI is InChI=1S/C13H15BrO4/c1-9(15)18-8-11-6-2-4-10(13(11)14)5-3-7-12(16)17/h2,4,6H,3,5,7-8H2,1H3,(H,16,17)/p-1. The molecule has 0 bridgehead atoms. The lowest BCUT2D eigenvalue weighted by molar-refractivity contribution is -0.305. The molecule has 0 unspecified atom stereocenters. The minimum Gasteiger partial charge on any atom is -0.550 e. The summed E-state index contributed by atoms with van der Waals surface area (Å²) in [6, 6.07) is 5.63. The van der Waals surface area contributed by atoms with Gasteiger partial charge in [-0.15, -0.1) is 0 Å². The Bertz CT molecular complexity index is 443. The zero-order valence-electron chi connectivity index (χ0n) is 10.1. The van der Waals surface area contributed by atoms with Crippen molar-refractivity contribution in [1.29, 1.82) is 0 Å². The van der Waals surface area contributed by atoms with Crippen LogP contribution in [0, 0.1) is 0 Å². The van der Waals surface area contributed by atoms with Crippen molar-refractivity contribution in [3.05, 3.63) is 33.8 Å². The molecule has 0 saturated carbocycles. The maximum absolute atomic E-state index is 10.8. The molecule has 5 heteroatoms. The van der Waals surface area contributed by atoms with Crippen molar-refractivity contribution in [3.8, 4) is 0 Å². The highest BCUT2D eigenvalue weighted by molar-refractivity contribution is 9.10. The second-order valence-corrected chi connectivity index (χ2v) is 4.69. The molecule has 1 rings (SSSR count). The van der Waals surface area contributed by atoms with Gasteiger partial charge in [-0.1, -0.05) is 34.1 Å². The van der Waals surface area contributed by atoms with E-state index in [0.717, 1.165) is 15.6 Å². The van der Waals surface area contributed by atoms with Crippen LogP contribution in [0.1, 0.15) is 30.9 Å². The molecule has 0 fully saturated rings. The summed E-state index contributed by atoms with van der Waals surface area (Å²) in [4.78, 5) is 21.1. The number of rotatable bonds is 6. The van der Waals surface area contributed by atoms with Gasteiger partial charge in [-0.05, 0) is 24.8 Å². The summed E-state index contributed by atoms with van der Waals surface area (Å²) >= 11 is 3.44. The highest BCUT2D eigenvalue weighted by atomic mass is 79.9. The second kappa shape index (κ2) is 7.16. The first-order chi connectivity index (χ1) is 8.50. The topological polar surface area (TPSA) is 66.4 Å². The molecule has 0 saturated heterocycles. The van der Waals surface area contributed by atoms with Crippen LogP contribution in [0.25, 0.3) is 0 Å². The van der Waals surface area contributed by atoms with Crippen LogP contribution in [0.2, 0.25) is 0 Å². The van der Waals surface area contributed by atoms with Gasteiger partial charge in [-0.2, -0.15) is 0 Å². The lowest BCUT2D eigenvalue weighted by Gasteiger charge is -2.10. The largest absolute Gasteiger partial charge is 0.550 e. The summed E-state index contributed by atoms with van der Waals surface area (Å²) in [6.07, 6.45) is 1.21. The van der Waals surface area contributed by atoms with Crippen molar-refractivity contribution in [2.45, 2.75) is 32.8 Å². The monoisotopic (exact) mass is 313 g/mol. The highest BCUT2D eigenvalue weighted by Crippen LogP contribution is 2.24. The van der Waals surface area contributed by atoms with Gasteiger partial charge in [0.15, 0.2) is 0 Å². The first kappa shape index (κ1) is 14.7. The van der Waals surface area contributed by atoms with Gasteiger partial charge in [0.1, 0.15) is 6.61 Å². The van der Waals surface area contributed by atoms with Gasteiger partial charge in [0, 0.05) is 22.9 Å². The fraction of sp³-hybridized carbons (Fsp3) is 0.385. The molecule has 0 N–H and O–H groups in total. The molecule has 0 heterocycles. The Labute approximate surface area is 114 Å². The summed E-state index contributed by atoms with van der Waals surface area (Å²) in [7, 11) is 0. The molecule has 4 nitrogen and oxygen atoms in total. The van der Waals surface area contributed by atoms with E-state index < -0.39 is 5.97 Å². The maximum Gasteiger partial charge on any atom is 0.302 e. The van der Waals surface area contributed by atoms with Crippen molar-refractivity contribution >= 4 is 27.9 Å². The quantitative estimate of drug-likeness (QED) is 0.748. The number of esters is 1. The Morgan fingerprint density at radius 2 is 2.00 bits per heavy atom. The third-order valence-corrected chi connectivity index (χ3v) is 3.44. The summed E-state index contributed by atoms with van der Waals surface area (Å²) in [6.45, 7) is 1.57. The van der Waals surface area contributed by atoms with E-state index in [0.29, 0.717) is 12.8 Å². The number of ether oxygens (including phenoxy) is 1. The normalized spacial score (nSPS) is 10.1. The number of hydrogen-bond acceptors (Lipinski definition) is 4. The summed E-state index contributed by atoms with van der Waals surface area (Å²) in [5.41, 5.74) is 1.87. The first-order valence-electron chi connectivity index (χ1n) is 5.60. The number of aliphatic carboxylic acids is 1. The molecular weight excluding hydrogens is 300 g/mol. The molecule has 98 valence electrons. The fourth-order valence-corrected chi connectivity index (χ4v) is 2.12. The molecule has 1 aromatic carbocycles. The maximum atomic E-state index is 10.8. The van der Waals surface area contributed by atoms with E-state index >= 15 is 0 Å². The summed E-state index contributed by atoms with van der Waals surface area (Å²) in [5, 5.41) is 10.3. The Kier molecular flexibility index (Phi) is 5.85. The minimum absolute atomic E-state index is 0.0423. The number of carboxylic acids is 1. The number of carbonyl (C=O) groups is 2. The van der Waals surface area contributed by atoms with Gasteiger partial charge in [-0.3, -0.25) is 4.79 Å². The number of carbonyl (C=O) groups excluding carboxylic acids is 2. The average molecular weight is 314 g/mol. The van der Waals surface area contributed by atoms with E-state index in [1.165, 1.54) is 6.92 Å². The second-order valence-electron chi connectivity index (χ2n) is 3.90. The molecule has 0 radical (unpaired) electrons. The molecule has 0 aliphatic rings. The minimum atomic E-state index is -1.04. The van der Waals surface area contributed by atoms with E-state index in [4.69, 9.17) is 4.74 Å². The third-order valence-electron chi connectivity index (χ3n) is 2.42. The van der Waals surface area contributed by atoms with Crippen LogP contribution < -0.4 is 5.11 Å². The number of hydrogen-bond donors (Lipinski definition) is 0.